The van der Waals surface area contributed by atoms with Gasteiger partial charge in [-0.3, -0.25) is 4.79 Å². The number of amides is 1. The van der Waals surface area contributed by atoms with Crippen LogP contribution in [-0.2, 0) is 5.75 Å². The summed E-state index contributed by atoms with van der Waals surface area (Å²) < 4.78 is 0. The Kier molecular flexibility index (Phi) is 4.23. The Bertz CT molecular complexity index is 557. The molecular formula is C13H11ClN2OS. The first kappa shape index (κ1) is 12.9. The van der Waals surface area contributed by atoms with Gasteiger partial charge in [-0.25, -0.2) is 4.98 Å². The molecule has 0 unspecified atom stereocenters. The molecular weight excluding hydrogens is 268 g/mol. The van der Waals surface area contributed by atoms with Crippen molar-refractivity contribution >= 4 is 29.3 Å². The first-order valence-electron chi connectivity index (χ1n) is 5.29. The van der Waals surface area contributed by atoms with Crippen LogP contribution < -0.4 is 5.73 Å². The summed E-state index contributed by atoms with van der Waals surface area (Å²) in [5.41, 5.74) is 6.78. The topological polar surface area (TPSA) is 56.0 Å². The predicted molar refractivity (Wildman–Crippen MR) is 73.8 cm³/mol. The maximum atomic E-state index is 10.9. The first-order valence-corrected chi connectivity index (χ1v) is 6.65. The molecule has 0 radical (unpaired) electrons. The average Bonchev–Trinajstić information content (AvgIpc) is 2.38. The molecule has 0 fully saturated rings. The van der Waals surface area contributed by atoms with Crippen molar-refractivity contribution in [3.8, 4) is 0 Å². The number of carbonyl (C=O) groups excluding carboxylic acids is 1. The summed E-state index contributed by atoms with van der Waals surface area (Å²) in [5, 5.41) is 1.45. The number of rotatable bonds is 4. The van der Waals surface area contributed by atoms with Gasteiger partial charge in [0.1, 0.15) is 5.03 Å². The van der Waals surface area contributed by atoms with Gasteiger partial charge in [-0.2, -0.15) is 0 Å². The fourth-order valence-electron chi connectivity index (χ4n) is 1.39. The molecule has 0 saturated heterocycles. The number of benzene rings is 1. The highest BCUT2D eigenvalue weighted by atomic mass is 35.5. The molecule has 1 aromatic carbocycles. The third-order valence-corrected chi connectivity index (χ3v) is 3.83. The van der Waals surface area contributed by atoms with Crippen LogP contribution in [0.15, 0.2) is 47.6 Å². The molecule has 1 heterocycles. The lowest BCUT2D eigenvalue weighted by Crippen LogP contribution is -2.10. The van der Waals surface area contributed by atoms with E-state index in [0.717, 1.165) is 16.3 Å². The summed E-state index contributed by atoms with van der Waals surface area (Å²) in [6.07, 6.45) is 1.71. The molecule has 0 atom stereocenters. The zero-order valence-corrected chi connectivity index (χ0v) is 11.0. The van der Waals surface area contributed by atoms with E-state index in [1.807, 2.05) is 18.2 Å². The smallest absolute Gasteiger partial charge is 0.248 e. The Balaban J connectivity index is 2.02. The van der Waals surface area contributed by atoms with E-state index in [2.05, 4.69) is 4.98 Å². The zero-order chi connectivity index (χ0) is 13.0. The molecule has 5 heteroatoms. The van der Waals surface area contributed by atoms with Crippen molar-refractivity contribution in [1.82, 2.24) is 4.98 Å². The third-order valence-electron chi connectivity index (χ3n) is 2.34. The Morgan fingerprint density at radius 3 is 2.61 bits per heavy atom. The van der Waals surface area contributed by atoms with Crippen LogP contribution in [-0.4, -0.2) is 10.9 Å². The summed E-state index contributed by atoms with van der Waals surface area (Å²) in [6.45, 7) is 0. The number of hydrogen-bond donors (Lipinski definition) is 1. The molecule has 0 aliphatic heterocycles. The van der Waals surface area contributed by atoms with Crippen LogP contribution in [0.4, 0.5) is 0 Å². The lowest BCUT2D eigenvalue weighted by molar-refractivity contribution is 0.100. The molecule has 0 bridgehead atoms. The molecule has 1 amide bonds. The van der Waals surface area contributed by atoms with E-state index in [-0.39, 0.29) is 0 Å². The minimum atomic E-state index is -0.415. The number of hydrogen-bond acceptors (Lipinski definition) is 3. The Labute approximate surface area is 114 Å². The average molecular weight is 279 g/mol. The lowest BCUT2D eigenvalue weighted by Gasteiger charge is -2.03. The van der Waals surface area contributed by atoms with Gasteiger partial charge in [0.2, 0.25) is 5.91 Å². The number of primary amides is 1. The highest BCUT2D eigenvalue weighted by molar-refractivity contribution is 7.98. The van der Waals surface area contributed by atoms with Gasteiger partial charge in [0.25, 0.3) is 0 Å². The van der Waals surface area contributed by atoms with Gasteiger partial charge < -0.3 is 5.73 Å². The number of nitrogens with two attached hydrogens (primary N) is 1. The maximum absolute atomic E-state index is 10.9. The Hall–Kier alpha value is -1.52. The van der Waals surface area contributed by atoms with Crippen molar-refractivity contribution in [2.75, 3.05) is 0 Å². The molecule has 92 valence electrons. The van der Waals surface area contributed by atoms with E-state index in [1.54, 1.807) is 36.2 Å². The van der Waals surface area contributed by atoms with Crippen molar-refractivity contribution in [3.63, 3.8) is 0 Å². The number of carbonyl (C=O) groups is 1. The number of halogens is 1. The van der Waals surface area contributed by atoms with Crippen LogP contribution in [0.1, 0.15) is 15.9 Å². The fraction of sp³-hybridized carbons (Fsp3) is 0.0769. The van der Waals surface area contributed by atoms with Crippen molar-refractivity contribution in [1.29, 1.82) is 0 Å². The van der Waals surface area contributed by atoms with Crippen LogP contribution in [0, 0.1) is 0 Å². The highest BCUT2D eigenvalue weighted by Gasteiger charge is 2.03. The molecule has 1 aromatic heterocycles. The van der Waals surface area contributed by atoms with Crippen LogP contribution in [0.2, 0.25) is 5.02 Å². The van der Waals surface area contributed by atoms with Gasteiger partial charge in [0.15, 0.2) is 0 Å². The third kappa shape index (κ3) is 3.24. The van der Waals surface area contributed by atoms with E-state index >= 15 is 0 Å². The van der Waals surface area contributed by atoms with Gasteiger partial charge in [-0.1, -0.05) is 23.7 Å². The van der Waals surface area contributed by atoms with Crippen molar-refractivity contribution in [2.24, 2.45) is 5.73 Å². The van der Waals surface area contributed by atoms with E-state index in [1.165, 1.54) is 0 Å². The van der Waals surface area contributed by atoms with E-state index < -0.39 is 5.91 Å². The van der Waals surface area contributed by atoms with Crippen LogP contribution >= 0.6 is 23.4 Å². The molecule has 2 rings (SSSR count). The first-order chi connectivity index (χ1) is 8.66. The van der Waals surface area contributed by atoms with E-state index in [0.29, 0.717) is 10.6 Å². The minimum Gasteiger partial charge on any atom is -0.366 e. The molecule has 0 aliphatic carbocycles. The number of pyridine rings is 1. The number of thioether (sulfide) groups is 1. The highest BCUT2D eigenvalue weighted by Crippen LogP contribution is 2.27. The second kappa shape index (κ2) is 5.89. The number of nitrogens with zero attached hydrogens (tertiary/aromatic N) is 1. The van der Waals surface area contributed by atoms with Gasteiger partial charge in [0, 0.05) is 17.5 Å². The van der Waals surface area contributed by atoms with Crippen LogP contribution in [0.5, 0.6) is 0 Å². The lowest BCUT2D eigenvalue weighted by atomic mass is 10.1. The van der Waals surface area contributed by atoms with E-state index in [4.69, 9.17) is 17.3 Å². The quantitative estimate of drug-likeness (QED) is 0.874. The van der Waals surface area contributed by atoms with Gasteiger partial charge in [-0.15, -0.1) is 11.8 Å². The van der Waals surface area contributed by atoms with Crippen molar-refractivity contribution in [3.05, 3.63) is 58.7 Å². The largest absolute Gasteiger partial charge is 0.366 e. The summed E-state index contributed by atoms with van der Waals surface area (Å²) in [4.78, 5) is 15.1. The fourth-order valence-corrected chi connectivity index (χ4v) is 2.52. The normalized spacial score (nSPS) is 10.3. The van der Waals surface area contributed by atoms with Gasteiger partial charge >= 0.3 is 0 Å². The summed E-state index contributed by atoms with van der Waals surface area (Å²) in [6, 6.07) is 10.8. The van der Waals surface area contributed by atoms with Crippen LogP contribution in [0.3, 0.4) is 0 Å². The van der Waals surface area contributed by atoms with Gasteiger partial charge in [0.05, 0.1) is 5.02 Å². The molecule has 2 aromatic rings. The monoisotopic (exact) mass is 278 g/mol. The summed E-state index contributed by atoms with van der Waals surface area (Å²) in [7, 11) is 0. The molecule has 0 spiro atoms. The predicted octanol–water partition coefficient (Wildman–Crippen LogP) is 3.13. The molecule has 2 N–H and O–H groups in total. The zero-order valence-electron chi connectivity index (χ0n) is 9.47. The Morgan fingerprint density at radius 2 is 2.00 bits per heavy atom. The van der Waals surface area contributed by atoms with Crippen LogP contribution in [0.25, 0.3) is 0 Å². The van der Waals surface area contributed by atoms with Gasteiger partial charge in [-0.05, 0) is 29.8 Å². The standard InChI is InChI=1S/C13H11ClN2OS/c14-11-2-1-7-16-13(11)18-8-9-3-5-10(6-4-9)12(15)17/h1-7H,8H2,(H2,15,17). The summed E-state index contributed by atoms with van der Waals surface area (Å²) >= 11 is 7.57. The van der Waals surface area contributed by atoms with Crippen molar-refractivity contribution < 1.29 is 4.79 Å². The molecule has 18 heavy (non-hydrogen) atoms. The Morgan fingerprint density at radius 1 is 1.28 bits per heavy atom. The summed E-state index contributed by atoms with van der Waals surface area (Å²) in [5.74, 6) is 0.331. The van der Waals surface area contributed by atoms with Crippen molar-refractivity contribution in [2.45, 2.75) is 10.8 Å². The second-order valence-corrected chi connectivity index (χ2v) is 5.01. The minimum absolute atomic E-state index is 0.415. The molecule has 3 nitrogen and oxygen atoms in total. The maximum Gasteiger partial charge on any atom is 0.248 e. The van der Waals surface area contributed by atoms with E-state index in [9.17, 15) is 4.79 Å². The molecule has 0 saturated carbocycles. The SMILES string of the molecule is NC(=O)c1ccc(CSc2ncccc2Cl)cc1. The second-order valence-electron chi connectivity index (χ2n) is 3.64. The number of aromatic nitrogens is 1. The molecule has 0 aliphatic rings.